The lowest BCUT2D eigenvalue weighted by Crippen LogP contribution is -2.35. The third-order valence-electron chi connectivity index (χ3n) is 5.96. The summed E-state index contributed by atoms with van der Waals surface area (Å²) in [7, 11) is 1.92. The molecule has 0 aliphatic carbocycles. The Morgan fingerprint density at radius 2 is 2.06 bits per heavy atom. The zero-order chi connectivity index (χ0) is 22.1. The molecule has 0 saturated carbocycles. The van der Waals surface area contributed by atoms with Crippen molar-refractivity contribution in [3.05, 3.63) is 76.9 Å². The summed E-state index contributed by atoms with van der Waals surface area (Å²) in [5, 5.41) is 17.0. The highest BCUT2D eigenvalue weighted by Gasteiger charge is 2.40. The summed E-state index contributed by atoms with van der Waals surface area (Å²) < 4.78 is 1.71. The Hall–Kier alpha value is -3.40. The second-order valence-electron chi connectivity index (χ2n) is 7.91. The van der Waals surface area contributed by atoms with E-state index in [0.717, 1.165) is 29.1 Å². The largest absolute Gasteiger partial charge is 0.394 e. The van der Waals surface area contributed by atoms with Crippen LogP contribution in [-0.2, 0) is 13.1 Å². The molecule has 3 aromatic rings. The molecule has 2 aromatic carbocycles. The second kappa shape index (κ2) is 8.62. The Bertz CT molecular complexity index is 1170. The van der Waals surface area contributed by atoms with E-state index in [2.05, 4.69) is 50.5 Å². The Kier molecular flexibility index (Phi) is 5.52. The van der Waals surface area contributed by atoms with Crippen LogP contribution in [-0.4, -0.2) is 51.6 Å². The summed E-state index contributed by atoms with van der Waals surface area (Å²) in [6.07, 6.45) is 1.50. The number of ketones is 1. The molecule has 0 bridgehead atoms. The topological polar surface area (TPSA) is 116 Å². The van der Waals surface area contributed by atoms with Crippen molar-refractivity contribution >= 4 is 17.2 Å². The molecule has 164 valence electrons. The first-order valence-electron chi connectivity index (χ1n) is 10.7. The lowest BCUT2D eigenvalue weighted by atomic mass is 9.82. The molecule has 3 heterocycles. The van der Waals surface area contributed by atoms with Gasteiger partial charge in [0.2, 0.25) is 0 Å². The molecule has 5 rings (SSSR count). The fourth-order valence-electron chi connectivity index (χ4n) is 4.51. The zero-order valence-electron chi connectivity index (χ0n) is 17.7. The van der Waals surface area contributed by atoms with Crippen LogP contribution in [0.4, 0.5) is 5.69 Å². The van der Waals surface area contributed by atoms with E-state index in [9.17, 15) is 9.90 Å². The average Bonchev–Trinajstić information content (AvgIpc) is 3.19. The molecule has 2 aliphatic heterocycles. The van der Waals surface area contributed by atoms with Gasteiger partial charge >= 0.3 is 0 Å². The number of hydrogen-bond acceptors (Lipinski definition) is 8. The number of anilines is 1. The van der Waals surface area contributed by atoms with Gasteiger partial charge in [0.25, 0.3) is 0 Å². The monoisotopic (exact) mass is 431 g/mol. The smallest absolute Gasteiger partial charge is 0.184 e. The summed E-state index contributed by atoms with van der Waals surface area (Å²) in [6.45, 7) is 1.16. The van der Waals surface area contributed by atoms with Crippen LogP contribution in [0.2, 0.25) is 0 Å². The first-order valence-corrected chi connectivity index (χ1v) is 10.7. The number of hydrazine groups is 1. The van der Waals surface area contributed by atoms with Crippen molar-refractivity contribution in [1.82, 2.24) is 25.5 Å². The van der Waals surface area contributed by atoms with Gasteiger partial charge in [0.1, 0.15) is 18.7 Å². The van der Waals surface area contributed by atoms with Gasteiger partial charge in [0.15, 0.2) is 5.78 Å². The summed E-state index contributed by atoms with van der Waals surface area (Å²) in [6, 6.07) is 13.8. The van der Waals surface area contributed by atoms with Gasteiger partial charge in [-0.05, 0) is 24.2 Å². The number of nitrogens with one attached hydrogen (secondary N) is 3. The number of nitrogens with zero attached hydrogens (tertiary/aromatic N) is 4. The summed E-state index contributed by atoms with van der Waals surface area (Å²) in [5.74, 6) is 0.369. The minimum atomic E-state index is -0.317. The molecule has 9 heteroatoms. The van der Waals surface area contributed by atoms with Crippen molar-refractivity contribution in [1.29, 1.82) is 0 Å². The van der Waals surface area contributed by atoms with Crippen LogP contribution in [0.5, 0.6) is 0 Å². The minimum Gasteiger partial charge on any atom is -0.394 e. The highest BCUT2D eigenvalue weighted by atomic mass is 16.3. The van der Waals surface area contributed by atoms with Crippen molar-refractivity contribution in [2.24, 2.45) is 4.99 Å². The Morgan fingerprint density at radius 1 is 1.22 bits per heavy atom. The Balaban J connectivity index is 1.67. The third kappa shape index (κ3) is 3.50. The fourth-order valence-corrected chi connectivity index (χ4v) is 4.51. The Labute approximate surface area is 185 Å². The quantitative estimate of drug-likeness (QED) is 0.467. The average molecular weight is 432 g/mol. The molecule has 4 N–H and O–H groups in total. The molecule has 32 heavy (non-hydrogen) atoms. The summed E-state index contributed by atoms with van der Waals surface area (Å²) in [4.78, 5) is 21.9. The van der Waals surface area contributed by atoms with Gasteiger partial charge in [0, 0.05) is 17.7 Å². The van der Waals surface area contributed by atoms with E-state index < -0.39 is 0 Å². The van der Waals surface area contributed by atoms with Crippen molar-refractivity contribution in [3.8, 4) is 0 Å². The maximum absolute atomic E-state index is 12.6. The number of carbonyl (C=O) groups is 1. The number of carbonyl (C=O) groups excluding carboxylic acids is 1. The normalized spacial score (nSPS) is 19.7. The van der Waals surface area contributed by atoms with Gasteiger partial charge in [-0.2, -0.15) is 5.10 Å². The lowest BCUT2D eigenvalue weighted by molar-refractivity contribution is 0.1000. The molecule has 2 aliphatic rings. The van der Waals surface area contributed by atoms with Gasteiger partial charge in [-0.25, -0.2) is 15.1 Å². The Morgan fingerprint density at radius 3 is 2.84 bits per heavy atom. The second-order valence-corrected chi connectivity index (χ2v) is 7.91. The van der Waals surface area contributed by atoms with Gasteiger partial charge in [-0.15, -0.1) is 0 Å². The minimum absolute atomic E-state index is 0.00200. The van der Waals surface area contributed by atoms with Crippen molar-refractivity contribution in [2.45, 2.75) is 25.0 Å². The van der Waals surface area contributed by atoms with Crippen LogP contribution in [0.3, 0.4) is 0 Å². The predicted molar refractivity (Wildman–Crippen MR) is 121 cm³/mol. The van der Waals surface area contributed by atoms with Crippen LogP contribution in [0.15, 0.2) is 53.8 Å². The lowest BCUT2D eigenvalue weighted by Gasteiger charge is -2.28. The molecule has 0 amide bonds. The van der Waals surface area contributed by atoms with Crippen LogP contribution < -0.4 is 16.2 Å². The maximum Gasteiger partial charge on any atom is 0.184 e. The van der Waals surface area contributed by atoms with E-state index in [4.69, 9.17) is 4.99 Å². The van der Waals surface area contributed by atoms with Crippen molar-refractivity contribution in [2.75, 3.05) is 25.6 Å². The molecule has 0 fully saturated rings. The van der Waals surface area contributed by atoms with Crippen molar-refractivity contribution < 1.29 is 9.90 Å². The highest BCUT2D eigenvalue weighted by Crippen LogP contribution is 2.40. The van der Waals surface area contributed by atoms with E-state index in [-0.39, 0.29) is 30.9 Å². The number of hydrogen-bond donors (Lipinski definition) is 4. The number of Topliss-reactive ketones (excluding diaryl/α,β-unsaturated/α-hetero) is 1. The van der Waals surface area contributed by atoms with E-state index in [1.807, 2.05) is 25.2 Å². The molecule has 9 nitrogen and oxygen atoms in total. The molecular weight excluding hydrogens is 406 g/mol. The highest BCUT2D eigenvalue weighted by molar-refractivity contribution is 6.20. The van der Waals surface area contributed by atoms with Gasteiger partial charge in [-0.3, -0.25) is 9.79 Å². The SMILES string of the molecule is CNCc1ccc(C2NNc3cccc4c3C(=NCC4=O)C2c2ncnn2CCO)cc1. The number of aromatic nitrogens is 3. The standard InChI is InChI=1S/C23H25N7O2/c1-24-11-14-5-7-15(8-6-14)21-20(23-26-13-27-30(23)9-10-31)22-19-16(18(32)12-25-22)3-2-4-17(19)28-29-21/h2-8,13,20-21,24,28-29,31H,9-12H2,1H3. The van der Waals surface area contributed by atoms with E-state index in [0.29, 0.717) is 17.9 Å². The molecule has 0 spiro atoms. The number of aliphatic imine (C=N–C) groups is 1. The number of benzene rings is 2. The predicted octanol–water partition coefficient (Wildman–Crippen LogP) is 1.43. The summed E-state index contributed by atoms with van der Waals surface area (Å²) in [5.41, 5.74) is 12.1. The fraction of sp³-hybridized carbons (Fsp3) is 0.304. The molecule has 2 unspecified atom stereocenters. The first-order chi connectivity index (χ1) is 15.7. The van der Waals surface area contributed by atoms with E-state index >= 15 is 0 Å². The first kappa shape index (κ1) is 20.5. The zero-order valence-corrected chi connectivity index (χ0v) is 17.7. The molecule has 0 radical (unpaired) electrons. The van der Waals surface area contributed by atoms with E-state index in [1.54, 1.807) is 4.68 Å². The molecular formula is C23H25N7O2. The van der Waals surface area contributed by atoms with Crippen molar-refractivity contribution in [3.63, 3.8) is 0 Å². The van der Waals surface area contributed by atoms with Crippen LogP contribution in [0.1, 0.15) is 44.8 Å². The van der Waals surface area contributed by atoms with Gasteiger partial charge in [-0.1, -0.05) is 36.4 Å². The molecule has 0 saturated heterocycles. The van der Waals surface area contributed by atoms with Crippen LogP contribution in [0, 0.1) is 0 Å². The third-order valence-corrected chi connectivity index (χ3v) is 5.96. The maximum atomic E-state index is 12.6. The molecule has 2 atom stereocenters. The number of rotatable bonds is 6. The van der Waals surface area contributed by atoms with E-state index in [1.165, 1.54) is 11.9 Å². The summed E-state index contributed by atoms with van der Waals surface area (Å²) >= 11 is 0. The molecule has 1 aromatic heterocycles. The van der Waals surface area contributed by atoms with Crippen LogP contribution in [0.25, 0.3) is 0 Å². The van der Waals surface area contributed by atoms with Gasteiger partial charge < -0.3 is 15.8 Å². The number of aliphatic hydroxyl groups excluding tert-OH is 1. The van der Waals surface area contributed by atoms with Gasteiger partial charge in [0.05, 0.1) is 36.5 Å². The number of aliphatic hydroxyl groups is 1. The van der Waals surface area contributed by atoms with Crippen LogP contribution >= 0.6 is 0 Å².